The maximum Gasteiger partial charge on any atom is 0.248 e. The Labute approximate surface area is 83.8 Å². The number of nitrogens with one attached hydrogen (secondary N) is 2. The molecule has 0 bridgehead atoms. The van der Waals surface area contributed by atoms with Gasteiger partial charge >= 0.3 is 0 Å². The van der Waals surface area contributed by atoms with Gasteiger partial charge in [0.05, 0.1) is 19.8 Å². The van der Waals surface area contributed by atoms with Crippen molar-refractivity contribution < 1.29 is 9.53 Å². The second-order valence-electron chi connectivity index (χ2n) is 3.79. The fourth-order valence-electron chi connectivity index (χ4n) is 1.42. The van der Waals surface area contributed by atoms with Crippen LogP contribution in [0.2, 0.25) is 0 Å². The molecule has 0 radical (unpaired) electrons. The summed E-state index contributed by atoms with van der Waals surface area (Å²) in [7, 11) is 0. The van der Waals surface area contributed by atoms with Crippen LogP contribution >= 0.6 is 0 Å². The number of hydrogen-bond acceptors (Lipinski definition) is 4. The van der Waals surface area contributed by atoms with Crippen LogP contribution in [0.3, 0.4) is 0 Å². The van der Waals surface area contributed by atoms with E-state index in [0.29, 0.717) is 25.8 Å². The van der Waals surface area contributed by atoms with Crippen molar-refractivity contribution in [3.8, 4) is 0 Å². The summed E-state index contributed by atoms with van der Waals surface area (Å²) < 4.78 is 5.18. The summed E-state index contributed by atoms with van der Waals surface area (Å²) in [5.74, 6) is 0.0544. The van der Waals surface area contributed by atoms with Crippen molar-refractivity contribution in [1.29, 1.82) is 0 Å². The molecule has 5 heteroatoms. The van der Waals surface area contributed by atoms with Gasteiger partial charge in [0.2, 0.25) is 5.91 Å². The zero-order valence-corrected chi connectivity index (χ0v) is 8.29. The Balaban J connectivity index is 1.59. The number of amides is 1. The molecule has 2 rings (SSSR count). The van der Waals surface area contributed by atoms with E-state index >= 15 is 0 Å². The molecule has 0 spiro atoms. The van der Waals surface area contributed by atoms with Crippen molar-refractivity contribution in [2.24, 2.45) is 0 Å². The van der Waals surface area contributed by atoms with Gasteiger partial charge in [-0.25, -0.2) is 5.01 Å². The standard InChI is InChI=1S/C9H17N3O2/c13-9(7-10-8-1-2-8)11-12-3-5-14-6-4-12/h8,10H,1-7H2,(H,11,13). The predicted octanol–water partition coefficient (Wildman–Crippen LogP) is -0.898. The molecule has 0 unspecified atom stereocenters. The zero-order valence-electron chi connectivity index (χ0n) is 8.29. The lowest BCUT2D eigenvalue weighted by atomic mass is 10.5. The zero-order chi connectivity index (χ0) is 9.80. The number of nitrogens with zero attached hydrogens (tertiary/aromatic N) is 1. The Hall–Kier alpha value is -0.650. The maximum atomic E-state index is 11.4. The highest BCUT2D eigenvalue weighted by molar-refractivity contribution is 5.77. The number of rotatable bonds is 4. The minimum Gasteiger partial charge on any atom is -0.379 e. The number of hydrazine groups is 1. The first-order valence-electron chi connectivity index (χ1n) is 5.20. The topological polar surface area (TPSA) is 53.6 Å². The van der Waals surface area contributed by atoms with Crippen LogP contribution in [0.5, 0.6) is 0 Å². The lowest BCUT2D eigenvalue weighted by molar-refractivity contribution is -0.127. The Bertz CT molecular complexity index is 200. The van der Waals surface area contributed by atoms with Gasteiger partial charge in [-0.3, -0.25) is 10.2 Å². The maximum absolute atomic E-state index is 11.4. The highest BCUT2D eigenvalue weighted by atomic mass is 16.5. The fraction of sp³-hybridized carbons (Fsp3) is 0.889. The normalized spacial score (nSPS) is 23.4. The lowest BCUT2D eigenvalue weighted by Gasteiger charge is -2.26. The van der Waals surface area contributed by atoms with Crippen molar-refractivity contribution >= 4 is 5.91 Å². The van der Waals surface area contributed by atoms with Crippen molar-refractivity contribution in [3.05, 3.63) is 0 Å². The van der Waals surface area contributed by atoms with Gasteiger partial charge in [-0.05, 0) is 12.8 Å². The molecule has 2 fully saturated rings. The molecule has 1 saturated carbocycles. The molecule has 1 amide bonds. The van der Waals surface area contributed by atoms with Crippen LogP contribution in [-0.2, 0) is 9.53 Å². The molecule has 1 aliphatic heterocycles. The van der Waals surface area contributed by atoms with E-state index in [2.05, 4.69) is 10.7 Å². The summed E-state index contributed by atoms with van der Waals surface area (Å²) in [6.07, 6.45) is 2.43. The van der Waals surface area contributed by atoms with E-state index in [-0.39, 0.29) is 5.91 Å². The van der Waals surface area contributed by atoms with Crippen molar-refractivity contribution in [2.45, 2.75) is 18.9 Å². The Morgan fingerprint density at radius 1 is 1.36 bits per heavy atom. The Kier molecular flexibility index (Phi) is 3.34. The summed E-state index contributed by atoms with van der Waals surface area (Å²) in [4.78, 5) is 11.4. The van der Waals surface area contributed by atoms with Gasteiger partial charge in [0.15, 0.2) is 0 Å². The first-order valence-corrected chi connectivity index (χ1v) is 5.20. The van der Waals surface area contributed by atoms with Crippen molar-refractivity contribution in [2.75, 3.05) is 32.8 Å². The number of carbonyl (C=O) groups excluding carboxylic acids is 1. The van der Waals surface area contributed by atoms with E-state index in [1.807, 2.05) is 5.01 Å². The Morgan fingerprint density at radius 3 is 2.71 bits per heavy atom. The van der Waals surface area contributed by atoms with Crippen molar-refractivity contribution in [3.63, 3.8) is 0 Å². The average molecular weight is 199 g/mol. The van der Waals surface area contributed by atoms with Crippen LogP contribution in [0.4, 0.5) is 0 Å². The second kappa shape index (κ2) is 4.72. The molecule has 0 aromatic rings. The van der Waals surface area contributed by atoms with Gasteiger partial charge in [-0.2, -0.15) is 0 Å². The molecule has 2 aliphatic rings. The summed E-state index contributed by atoms with van der Waals surface area (Å²) in [6.45, 7) is 3.42. The van der Waals surface area contributed by atoms with Crippen molar-refractivity contribution in [1.82, 2.24) is 15.8 Å². The molecule has 2 N–H and O–H groups in total. The number of morpholine rings is 1. The molecule has 1 aliphatic carbocycles. The molecule has 0 atom stereocenters. The van der Waals surface area contributed by atoms with E-state index in [1.165, 1.54) is 12.8 Å². The number of carbonyl (C=O) groups is 1. The third kappa shape index (κ3) is 3.25. The molecule has 1 heterocycles. The minimum absolute atomic E-state index is 0.0544. The average Bonchev–Trinajstić information content (AvgIpc) is 3.00. The Morgan fingerprint density at radius 2 is 2.07 bits per heavy atom. The lowest BCUT2D eigenvalue weighted by Crippen LogP contribution is -2.50. The third-order valence-electron chi connectivity index (χ3n) is 2.42. The molecule has 0 aromatic heterocycles. The largest absolute Gasteiger partial charge is 0.379 e. The molecule has 0 aromatic carbocycles. The summed E-state index contributed by atoms with van der Waals surface area (Å²) in [5, 5.41) is 5.09. The summed E-state index contributed by atoms with van der Waals surface area (Å²) in [5.41, 5.74) is 2.85. The van der Waals surface area contributed by atoms with E-state index in [4.69, 9.17) is 4.74 Å². The van der Waals surface area contributed by atoms with Crippen LogP contribution in [0, 0.1) is 0 Å². The quantitative estimate of drug-likeness (QED) is 0.616. The van der Waals surface area contributed by atoms with Crippen LogP contribution in [0.15, 0.2) is 0 Å². The molecular formula is C9H17N3O2. The fourth-order valence-corrected chi connectivity index (χ4v) is 1.42. The number of hydrogen-bond donors (Lipinski definition) is 2. The van der Waals surface area contributed by atoms with Crippen LogP contribution in [0.25, 0.3) is 0 Å². The highest BCUT2D eigenvalue weighted by Gasteiger charge is 2.21. The van der Waals surface area contributed by atoms with E-state index < -0.39 is 0 Å². The highest BCUT2D eigenvalue weighted by Crippen LogP contribution is 2.17. The summed E-state index contributed by atoms with van der Waals surface area (Å²) >= 11 is 0. The first-order chi connectivity index (χ1) is 6.84. The van der Waals surface area contributed by atoms with Gasteiger partial charge in [-0.15, -0.1) is 0 Å². The molecule has 1 saturated heterocycles. The van der Waals surface area contributed by atoms with Gasteiger partial charge in [0, 0.05) is 19.1 Å². The van der Waals surface area contributed by atoms with Crippen LogP contribution < -0.4 is 10.7 Å². The first kappa shape index (κ1) is 9.89. The van der Waals surface area contributed by atoms with Gasteiger partial charge in [0.1, 0.15) is 0 Å². The minimum atomic E-state index is 0.0544. The summed E-state index contributed by atoms with van der Waals surface area (Å²) in [6, 6.07) is 0.588. The van der Waals surface area contributed by atoms with Crippen LogP contribution in [-0.4, -0.2) is 49.8 Å². The molecule has 14 heavy (non-hydrogen) atoms. The molecule has 80 valence electrons. The SMILES string of the molecule is O=C(CNC1CC1)NN1CCOCC1. The monoisotopic (exact) mass is 199 g/mol. The predicted molar refractivity (Wildman–Crippen MR) is 51.6 cm³/mol. The number of ether oxygens (including phenoxy) is 1. The second-order valence-corrected chi connectivity index (χ2v) is 3.79. The van der Waals surface area contributed by atoms with Gasteiger partial charge in [0.25, 0.3) is 0 Å². The van der Waals surface area contributed by atoms with Crippen LogP contribution in [0.1, 0.15) is 12.8 Å². The smallest absolute Gasteiger partial charge is 0.248 e. The van der Waals surface area contributed by atoms with Gasteiger partial charge in [-0.1, -0.05) is 0 Å². The third-order valence-corrected chi connectivity index (χ3v) is 2.42. The van der Waals surface area contributed by atoms with Gasteiger partial charge < -0.3 is 10.1 Å². The molecular weight excluding hydrogens is 182 g/mol. The van der Waals surface area contributed by atoms with E-state index in [0.717, 1.165) is 13.1 Å². The molecule has 5 nitrogen and oxygen atoms in total. The van der Waals surface area contributed by atoms with E-state index in [9.17, 15) is 4.79 Å². The van der Waals surface area contributed by atoms with E-state index in [1.54, 1.807) is 0 Å².